The molecule has 154 valence electrons. The summed E-state index contributed by atoms with van der Waals surface area (Å²) >= 11 is 0. The van der Waals surface area contributed by atoms with Crippen LogP contribution in [0.1, 0.15) is 21.7 Å². The fourth-order valence-corrected chi connectivity index (χ4v) is 4.14. The number of carbonyl (C=O) groups is 1. The van der Waals surface area contributed by atoms with Crippen LogP contribution < -0.4 is 5.32 Å². The molecular weight excluding hydrogens is 402 g/mol. The van der Waals surface area contributed by atoms with Crippen molar-refractivity contribution in [2.75, 3.05) is 12.8 Å². The van der Waals surface area contributed by atoms with E-state index in [1.54, 1.807) is 35.1 Å². The van der Waals surface area contributed by atoms with E-state index in [0.29, 0.717) is 29.5 Å². The molecule has 4 rings (SSSR count). The Morgan fingerprint density at radius 3 is 2.57 bits per heavy atom. The predicted octanol–water partition coefficient (Wildman–Crippen LogP) is 3.14. The molecule has 30 heavy (non-hydrogen) atoms. The molecule has 0 aliphatic rings. The van der Waals surface area contributed by atoms with E-state index in [0.717, 1.165) is 17.5 Å². The number of furan rings is 1. The highest BCUT2D eigenvalue weighted by atomic mass is 32.2. The summed E-state index contributed by atoms with van der Waals surface area (Å²) in [5.74, 6) is -0.615. The second-order valence-electron chi connectivity index (χ2n) is 7.10. The SMILES string of the molecule is CS(=O)(=O)Cc1c(C(=O)NCCc2ccc(-n3cccn3)cc2)oc2ccccc12. The summed E-state index contributed by atoms with van der Waals surface area (Å²) in [4.78, 5) is 12.7. The van der Waals surface area contributed by atoms with Gasteiger partial charge in [0, 0.05) is 36.1 Å². The van der Waals surface area contributed by atoms with Crippen molar-refractivity contribution in [3.8, 4) is 5.69 Å². The van der Waals surface area contributed by atoms with Crippen molar-refractivity contribution in [2.45, 2.75) is 12.2 Å². The van der Waals surface area contributed by atoms with Crippen LogP contribution in [0.4, 0.5) is 0 Å². The van der Waals surface area contributed by atoms with Crippen molar-refractivity contribution >= 4 is 26.7 Å². The lowest BCUT2D eigenvalue weighted by molar-refractivity contribution is 0.0927. The largest absolute Gasteiger partial charge is 0.451 e. The van der Waals surface area contributed by atoms with E-state index < -0.39 is 15.7 Å². The van der Waals surface area contributed by atoms with Gasteiger partial charge in [-0.15, -0.1) is 0 Å². The van der Waals surface area contributed by atoms with Crippen LogP contribution in [0, 0.1) is 0 Å². The molecule has 0 aliphatic heterocycles. The van der Waals surface area contributed by atoms with Gasteiger partial charge in [-0.1, -0.05) is 30.3 Å². The van der Waals surface area contributed by atoms with Crippen LogP contribution in [0.3, 0.4) is 0 Å². The molecule has 0 atom stereocenters. The lowest BCUT2D eigenvalue weighted by atomic mass is 10.1. The second-order valence-corrected chi connectivity index (χ2v) is 9.24. The Labute approximate surface area is 174 Å². The number of fused-ring (bicyclic) bond motifs is 1. The number of nitrogens with one attached hydrogen (secondary N) is 1. The third kappa shape index (κ3) is 4.44. The van der Waals surface area contributed by atoms with Gasteiger partial charge in [0.1, 0.15) is 5.58 Å². The molecule has 1 N–H and O–H groups in total. The third-order valence-electron chi connectivity index (χ3n) is 4.72. The predicted molar refractivity (Wildman–Crippen MR) is 114 cm³/mol. The Morgan fingerprint density at radius 1 is 1.10 bits per heavy atom. The van der Waals surface area contributed by atoms with Gasteiger partial charge in [-0.2, -0.15) is 5.10 Å². The molecule has 0 aliphatic carbocycles. The molecule has 7 nitrogen and oxygen atoms in total. The smallest absolute Gasteiger partial charge is 0.287 e. The molecule has 0 radical (unpaired) electrons. The Kier molecular flexibility index (Phi) is 5.41. The molecule has 0 spiro atoms. The summed E-state index contributed by atoms with van der Waals surface area (Å²) in [6.07, 6.45) is 5.37. The van der Waals surface area contributed by atoms with Crippen LogP contribution in [0.15, 0.2) is 71.4 Å². The molecule has 2 aromatic heterocycles. The monoisotopic (exact) mass is 423 g/mol. The maximum Gasteiger partial charge on any atom is 0.287 e. The normalized spacial score (nSPS) is 11.6. The molecule has 4 aromatic rings. The summed E-state index contributed by atoms with van der Waals surface area (Å²) in [6.45, 7) is 0.398. The first-order valence-electron chi connectivity index (χ1n) is 9.46. The van der Waals surface area contributed by atoms with Crippen molar-refractivity contribution in [3.63, 3.8) is 0 Å². The minimum atomic E-state index is -3.33. The van der Waals surface area contributed by atoms with E-state index in [4.69, 9.17) is 4.42 Å². The van der Waals surface area contributed by atoms with Gasteiger partial charge >= 0.3 is 0 Å². The van der Waals surface area contributed by atoms with Crippen LogP contribution in [0.25, 0.3) is 16.7 Å². The van der Waals surface area contributed by atoms with Crippen molar-refractivity contribution in [1.82, 2.24) is 15.1 Å². The van der Waals surface area contributed by atoms with Crippen molar-refractivity contribution in [2.24, 2.45) is 0 Å². The molecule has 1 amide bonds. The van der Waals surface area contributed by atoms with Crippen LogP contribution in [0.2, 0.25) is 0 Å². The van der Waals surface area contributed by atoms with E-state index in [9.17, 15) is 13.2 Å². The minimum Gasteiger partial charge on any atom is -0.451 e. The summed E-state index contributed by atoms with van der Waals surface area (Å²) in [6, 6.07) is 16.8. The average Bonchev–Trinajstić information content (AvgIpc) is 3.36. The first-order chi connectivity index (χ1) is 14.4. The highest BCUT2D eigenvalue weighted by Gasteiger charge is 2.23. The number of para-hydroxylation sites is 1. The highest BCUT2D eigenvalue weighted by Crippen LogP contribution is 2.27. The van der Waals surface area contributed by atoms with Gasteiger partial charge < -0.3 is 9.73 Å². The lowest BCUT2D eigenvalue weighted by Crippen LogP contribution is -2.26. The number of sulfone groups is 1. The van der Waals surface area contributed by atoms with Crippen molar-refractivity contribution in [3.05, 3.63) is 83.9 Å². The van der Waals surface area contributed by atoms with Gasteiger partial charge in [0.05, 0.1) is 11.4 Å². The molecule has 0 saturated carbocycles. The topological polar surface area (TPSA) is 94.2 Å². The number of hydrogen-bond donors (Lipinski definition) is 1. The van der Waals surface area contributed by atoms with Gasteiger partial charge in [-0.05, 0) is 36.2 Å². The maximum atomic E-state index is 12.7. The number of nitrogens with zero attached hydrogens (tertiary/aromatic N) is 2. The van der Waals surface area contributed by atoms with Crippen LogP contribution in [-0.4, -0.2) is 36.9 Å². The minimum absolute atomic E-state index is 0.0515. The number of carbonyl (C=O) groups excluding carboxylic acids is 1. The van der Waals surface area contributed by atoms with Crippen LogP contribution in [0.5, 0.6) is 0 Å². The maximum absolute atomic E-state index is 12.7. The van der Waals surface area contributed by atoms with Gasteiger partial charge in [0.15, 0.2) is 15.6 Å². The fraction of sp³-hybridized carbons (Fsp3) is 0.182. The molecule has 0 saturated heterocycles. The van der Waals surface area contributed by atoms with E-state index >= 15 is 0 Å². The standard InChI is InChI=1S/C22H21N3O4S/c1-30(27,28)15-19-18-5-2-3-6-20(18)29-21(19)22(26)23-13-11-16-7-9-17(10-8-16)25-14-4-12-24-25/h2-10,12,14H,11,13,15H2,1H3,(H,23,26). The molecule has 2 heterocycles. The number of rotatable bonds is 7. The van der Waals surface area contributed by atoms with E-state index in [2.05, 4.69) is 10.4 Å². The van der Waals surface area contributed by atoms with Crippen LogP contribution >= 0.6 is 0 Å². The van der Waals surface area contributed by atoms with Gasteiger partial charge in [0.25, 0.3) is 5.91 Å². The fourth-order valence-electron chi connectivity index (χ4n) is 3.33. The van der Waals surface area contributed by atoms with Gasteiger partial charge in [-0.25, -0.2) is 13.1 Å². The molecule has 0 bridgehead atoms. The first-order valence-corrected chi connectivity index (χ1v) is 11.5. The summed E-state index contributed by atoms with van der Waals surface area (Å²) in [5.41, 5.74) is 2.91. The van der Waals surface area contributed by atoms with Crippen molar-refractivity contribution in [1.29, 1.82) is 0 Å². The number of aromatic nitrogens is 2. The average molecular weight is 423 g/mol. The van der Waals surface area contributed by atoms with E-state index in [1.807, 2.05) is 36.5 Å². The zero-order chi connectivity index (χ0) is 21.1. The van der Waals surface area contributed by atoms with Crippen LogP contribution in [-0.2, 0) is 22.0 Å². The van der Waals surface area contributed by atoms with E-state index in [-0.39, 0.29) is 11.5 Å². The zero-order valence-corrected chi connectivity index (χ0v) is 17.2. The second kappa shape index (κ2) is 8.16. The Hall–Kier alpha value is -3.39. The van der Waals surface area contributed by atoms with Crippen molar-refractivity contribution < 1.29 is 17.6 Å². The van der Waals surface area contributed by atoms with Gasteiger partial charge in [-0.3, -0.25) is 4.79 Å². The summed E-state index contributed by atoms with van der Waals surface area (Å²) in [5, 5.41) is 7.67. The Balaban J connectivity index is 1.45. The van der Waals surface area contributed by atoms with Gasteiger partial charge in [0.2, 0.25) is 0 Å². The first kappa shape index (κ1) is 19.9. The molecule has 0 fully saturated rings. The highest BCUT2D eigenvalue weighted by molar-refractivity contribution is 7.89. The lowest BCUT2D eigenvalue weighted by Gasteiger charge is -2.07. The molecule has 2 aromatic carbocycles. The van der Waals surface area contributed by atoms with E-state index in [1.165, 1.54) is 0 Å². The molecular formula is C22H21N3O4S. The quantitative estimate of drug-likeness (QED) is 0.493. The zero-order valence-electron chi connectivity index (χ0n) is 16.4. The number of amides is 1. The Morgan fingerprint density at radius 2 is 1.87 bits per heavy atom. The number of hydrogen-bond acceptors (Lipinski definition) is 5. The number of benzene rings is 2. The summed E-state index contributed by atoms with van der Waals surface area (Å²) < 4.78 is 31.2. The molecule has 8 heteroatoms. The third-order valence-corrected chi connectivity index (χ3v) is 5.53. The molecule has 0 unspecified atom stereocenters. The Bertz CT molecular complexity index is 1270. The summed E-state index contributed by atoms with van der Waals surface area (Å²) in [7, 11) is -3.33.